The highest BCUT2D eigenvalue weighted by Gasteiger charge is 2.21. The number of nitrogens with one attached hydrogen (secondary N) is 1. The highest BCUT2D eigenvalue weighted by molar-refractivity contribution is 5.81. The van der Waals surface area contributed by atoms with Crippen molar-refractivity contribution >= 4 is 5.91 Å². The number of amides is 1. The third-order valence-corrected chi connectivity index (χ3v) is 2.89. The molecule has 0 spiro atoms. The summed E-state index contributed by atoms with van der Waals surface area (Å²) in [6, 6.07) is 1.71. The number of hydrogen-bond acceptors (Lipinski definition) is 4. The van der Waals surface area contributed by atoms with Gasteiger partial charge in [-0.3, -0.25) is 4.79 Å². The smallest absolute Gasteiger partial charge is 0.239 e. The van der Waals surface area contributed by atoms with Crippen molar-refractivity contribution in [1.82, 2.24) is 10.2 Å². The summed E-state index contributed by atoms with van der Waals surface area (Å²) in [6.07, 6.45) is 3.31. The molecule has 1 amide bonds. The first-order chi connectivity index (χ1) is 8.27. The first-order valence-corrected chi connectivity index (χ1v) is 5.88. The number of hydrogen-bond donors (Lipinski definition) is 1. The van der Waals surface area contributed by atoms with Crippen LogP contribution in [0.4, 0.5) is 0 Å². The average molecular weight is 238 g/mol. The van der Waals surface area contributed by atoms with Crippen LogP contribution in [-0.2, 0) is 16.1 Å². The van der Waals surface area contributed by atoms with Crippen LogP contribution in [-0.4, -0.2) is 43.2 Å². The minimum atomic E-state index is -0.178. The maximum atomic E-state index is 12.0. The molecule has 1 aliphatic rings. The number of carbonyl (C=O) groups is 1. The molecule has 0 bridgehead atoms. The van der Waals surface area contributed by atoms with Crippen molar-refractivity contribution < 1.29 is 13.9 Å². The Morgan fingerprint density at radius 3 is 2.94 bits per heavy atom. The molecule has 94 valence electrons. The van der Waals surface area contributed by atoms with Crippen LogP contribution in [0.2, 0.25) is 0 Å². The van der Waals surface area contributed by atoms with E-state index in [4.69, 9.17) is 9.15 Å². The zero-order valence-electron chi connectivity index (χ0n) is 10.0. The molecule has 1 aliphatic heterocycles. The number of nitrogens with zero attached hydrogens (tertiary/aromatic N) is 1. The van der Waals surface area contributed by atoms with Crippen LogP contribution in [0.5, 0.6) is 0 Å². The maximum Gasteiger partial charge on any atom is 0.239 e. The average Bonchev–Trinajstić information content (AvgIpc) is 2.89. The lowest BCUT2D eigenvalue weighted by molar-refractivity contribution is -0.137. The number of carbonyl (C=O) groups excluding carboxylic acids is 1. The fourth-order valence-corrected chi connectivity index (χ4v) is 1.81. The summed E-state index contributed by atoms with van der Waals surface area (Å²) in [6.45, 7) is 5.19. The van der Waals surface area contributed by atoms with E-state index >= 15 is 0 Å². The molecular weight excluding hydrogens is 220 g/mol. The predicted molar refractivity (Wildman–Crippen MR) is 62.4 cm³/mol. The van der Waals surface area contributed by atoms with Gasteiger partial charge in [0.1, 0.15) is 0 Å². The van der Waals surface area contributed by atoms with E-state index in [9.17, 15) is 4.79 Å². The van der Waals surface area contributed by atoms with E-state index in [0.29, 0.717) is 32.8 Å². The highest BCUT2D eigenvalue weighted by Crippen LogP contribution is 2.03. The van der Waals surface area contributed by atoms with Crippen molar-refractivity contribution in [2.75, 3.05) is 26.3 Å². The second kappa shape index (κ2) is 5.84. The van der Waals surface area contributed by atoms with Gasteiger partial charge in [-0.2, -0.15) is 0 Å². The van der Waals surface area contributed by atoms with Crippen LogP contribution in [0.3, 0.4) is 0 Å². The van der Waals surface area contributed by atoms with Crippen LogP contribution in [0, 0.1) is 0 Å². The van der Waals surface area contributed by atoms with E-state index in [-0.39, 0.29) is 11.9 Å². The second-order valence-electron chi connectivity index (χ2n) is 4.17. The monoisotopic (exact) mass is 238 g/mol. The second-order valence-corrected chi connectivity index (χ2v) is 4.17. The normalized spacial score (nSPS) is 18.1. The van der Waals surface area contributed by atoms with Gasteiger partial charge >= 0.3 is 0 Å². The molecule has 0 aromatic carbocycles. The van der Waals surface area contributed by atoms with Crippen molar-refractivity contribution in [3.63, 3.8) is 0 Å². The molecule has 2 heterocycles. The molecule has 1 unspecified atom stereocenters. The third kappa shape index (κ3) is 3.31. The van der Waals surface area contributed by atoms with Crippen LogP contribution in [0.15, 0.2) is 23.0 Å². The van der Waals surface area contributed by atoms with E-state index in [1.165, 1.54) is 0 Å². The molecule has 1 fully saturated rings. The first kappa shape index (κ1) is 12.1. The molecule has 1 N–H and O–H groups in total. The standard InChI is InChI=1S/C12H18N2O3/c1-10(13-8-11-2-5-17-9-11)12(15)14-3-6-16-7-4-14/h2,5,9-10,13H,3-4,6-8H2,1H3. The van der Waals surface area contributed by atoms with Crippen molar-refractivity contribution in [3.05, 3.63) is 24.2 Å². The van der Waals surface area contributed by atoms with Crippen LogP contribution >= 0.6 is 0 Å². The zero-order valence-corrected chi connectivity index (χ0v) is 10.0. The fourth-order valence-electron chi connectivity index (χ4n) is 1.81. The zero-order chi connectivity index (χ0) is 12.1. The Hall–Kier alpha value is -1.33. The van der Waals surface area contributed by atoms with Gasteiger partial charge in [0, 0.05) is 25.2 Å². The van der Waals surface area contributed by atoms with Gasteiger partial charge in [-0.1, -0.05) is 0 Å². The van der Waals surface area contributed by atoms with Crippen molar-refractivity contribution in [3.8, 4) is 0 Å². The SMILES string of the molecule is CC(NCc1ccoc1)C(=O)N1CCOCC1. The predicted octanol–water partition coefficient (Wildman–Crippen LogP) is 0.617. The summed E-state index contributed by atoms with van der Waals surface area (Å²) in [5.74, 6) is 0.136. The largest absolute Gasteiger partial charge is 0.472 e. The van der Waals surface area contributed by atoms with Gasteiger partial charge in [-0.05, 0) is 13.0 Å². The lowest BCUT2D eigenvalue weighted by Gasteiger charge is -2.29. The Bertz CT molecular complexity index is 345. The van der Waals surface area contributed by atoms with Crippen LogP contribution in [0.25, 0.3) is 0 Å². The molecule has 0 radical (unpaired) electrons. The van der Waals surface area contributed by atoms with Gasteiger partial charge < -0.3 is 19.4 Å². The van der Waals surface area contributed by atoms with E-state index in [0.717, 1.165) is 5.56 Å². The van der Waals surface area contributed by atoms with E-state index < -0.39 is 0 Å². The minimum Gasteiger partial charge on any atom is -0.472 e. The molecule has 1 aromatic heterocycles. The Morgan fingerprint density at radius 1 is 1.53 bits per heavy atom. The van der Waals surface area contributed by atoms with Gasteiger partial charge in [0.2, 0.25) is 5.91 Å². The van der Waals surface area contributed by atoms with E-state index in [1.807, 2.05) is 17.9 Å². The molecule has 1 saturated heterocycles. The Labute approximate surface area is 101 Å². The molecule has 0 saturated carbocycles. The Kier molecular flexibility index (Phi) is 4.17. The lowest BCUT2D eigenvalue weighted by atomic mass is 10.2. The van der Waals surface area contributed by atoms with Gasteiger partial charge in [-0.15, -0.1) is 0 Å². The molecule has 5 heteroatoms. The van der Waals surface area contributed by atoms with Gasteiger partial charge in [0.25, 0.3) is 0 Å². The Balaban J connectivity index is 1.78. The lowest BCUT2D eigenvalue weighted by Crippen LogP contribution is -2.49. The fraction of sp³-hybridized carbons (Fsp3) is 0.583. The first-order valence-electron chi connectivity index (χ1n) is 5.88. The summed E-state index contributed by atoms with van der Waals surface area (Å²) < 4.78 is 10.2. The summed E-state index contributed by atoms with van der Waals surface area (Å²) in [4.78, 5) is 13.9. The van der Waals surface area contributed by atoms with Crippen molar-refractivity contribution in [2.24, 2.45) is 0 Å². The van der Waals surface area contributed by atoms with Crippen LogP contribution < -0.4 is 5.32 Å². The van der Waals surface area contributed by atoms with Gasteiger partial charge in [-0.25, -0.2) is 0 Å². The van der Waals surface area contributed by atoms with Crippen molar-refractivity contribution in [2.45, 2.75) is 19.5 Å². The topological polar surface area (TPSA) is 54.7 Å². The summed E-state index contributed by atoms with van der Waals surface area (Å²) in [5, 5.41) is 3.19. The molecule has 17 heavy (non-hydrogen) atoms. The molecule has 1 aromatic rings. The minimum absolute atomic E-state index is 0.136. The summed E-state index contributed by atoms with van der Waals surface area (Å²) in [7, 11) is 0. The quantitative estimate of drug-likeness (QED) is 0.835. The highest BCUT2D eigenvalue weighted by atomic mass is 16.5. The van der Waals surface area contributed by atoms with Gasteiger partial charge in [0.05, 0.1) is 31.8 Å². The number of ether oxygens (including phenoxy) is 1. The van der Waals surface area contributed by atoms with E-state index in [1.54, 1.807) is 12.5 Å². The molecule has 5 nitrogen and oxygen atoms in total. The molecule has 1 atom stereocenters. The third-order valence-electron chi connectivity index (χ3n) is 2.89. The summed E-state index contributed by atoms with van der Waals surface area (Å²) >= 11 is 0. The number of rotatable bonds is 4. The molecule has 0 aliphatic carbocycles. The van der Waals surface area contributed by atoms with E-state index in [2.05, 4.69) is 5.32 Å². The molecular formula is C12H18N2O3. The number of morpholine rings is 1. The maximum absolute atomic E-state index is 12.0. The Morgan fingerprint density at radius 2 is 2.29 bits per heavy atom. The summed E-state index contributed by atoms with van der Waals surface area (Å²) in [5.41, 5.74) is 1.05. The molecule has 2 rings (SSSR count). The van der Waals surface area contributed by atoms with Crippen LogP contribution in [0.1, 0.15) is 12.5 Å². The number of furan rings is 1. The van der Waals surface area contributed by atoms with Crippen molar-refractivity contribution in [1.29, 1.82) is 0 Å². The van der Waals surface area contributed by atoms with Gasteiger partial charge in [0.15, 0.2) is 0 Å².